The molecule has 9 nitrogen and oxygen atoms in total. The van der Waals surface area contributed by atoms with Gasteiger partial charge in [0.1, 0.15) is 15.6 Å². The highest BCUT2D eigenvalue weighted by Gasteiger charge is 2.15. The van der Waals surface area contributed by atoms with Crippen molar-refractivity contribution in [2.24, 2.45) is 0 Å². The molecule has 0 saturated heterocycles. The van der Waals surface area contributed by atoms with Crippen LogP contribution in [0.2, 0.25) is 0 Å². The summed E-state index contributed by atoms with van der Waals surface area (Å²) in [5.74, 6) is -4.79. The van der Waals surface area contributed by atoms with Gasteiger partial charge in [0.2, 0.25) is 17.8 Å². The highest BCUT2D eigenvalue weighted by Crippen LogP contribution is 2.14. The number of carbonyl (C=O) groups is 3. The zero-order valence-electron chi connectivity index (χ0n) is 29.0. The molecule has 0 aromatic carbocycles. The normalized spacial score (nSPS) is 8.83. The zero-order valence-corrected chi connectivity index (χ0v) is 31.5. The second-order valence-corrected chi connectivity index (χ2v) is 13.3. The van der Waals surface area contributed by atoms with Crippen LogP contribution in [0.15, 0.2) is 0 Å². The topological polar surface area (TPSA) is 136 Å². The Kier molecular flexibility index (Phi) is 66.2. The highest BCUT2D eigenvalue weighted by molar-refractivity contribution is 7.89. The zero-order chi connectivity index (χ0) is 36.9. The van der Waals surface area contributed by atoms with Crippen molar-refractivity contribution < 1.29 is 49.3 Å². The number of alkyl halides is 4. The Bertz CT molecular complexity index is 683. The Morgan fingerprint density at radius 2 is 0.952 bits per heavy atom. The summed E-state index contributed by atoms with van der Waals surface area (Å²) in [7, 11) is 1.15. The first kappa shape index (κ1) is 63.5. The third-order valence-corrected chi connectivity index (χ3v) is 1.36. The van der Waals surface area contributed by atoms with Crippen molar-refractivity contribution in [2.75, 3.05) is 46.2 Å². The molecule has 262 valence electrons. The standard InChI is InChI=1S/C4H8F2.C3H6F2.C3H7NO2.C3H7NO.C3H6O.C3H6S.C3H8.C2H6O2S.C2H6OS/c1-3-4(2,5)6;1-3(2,4)5;1-4-3(5)6-2;1-3(5)4-2;2*1-3(2)4;1-3-2;1-5(2,3)4;1-4(2)3/h3H2,1-2H3;1-2H3;1-2H3,(H,4,5);1-2H3,(H,4,5);2*1-2H3;3H2,1-2H3;1-2H3;1-2H3. The number of hydrogen-bond acceptors (Lipinski definition) is 8. The Morgan fingerprint density at radius 1 is 0.833 bits per heavy atom. The lowest BCUT2D eigenvalue weighted by Gasteiger charge is -2.02. The molecule has 0 heterocycles. The molecule has 0 spiro atoms. The first-order valence-electron chi connectivity index (χ1n) is 12.3. The van der Waals surface area contributed by atoms with E-state index < -0.39 is 38.6 Å². The van der Waals surface area contributed by atoms with Gasteiger partial charge in [-0.15, -0.1) is 0 Å². The maximum absolute atomic E-state index is 11.5. The van der Waals surface area contributed by atoms with Crippen molar-refractivity contribution in [3.05, 3.63) is 0 Å². The molecule has 0 aliphatic carbocycles. The Labute approximate surface area is 262 Å². The maximum Gasteiger partial charge on any atom is 0.406 e. The lowest BCUT2D eigenvalue weighted by atomic mass is 10.3. The highest BCUT2D eigenvalue weighted by atomic mass is 32.2. The van der Waals surface area contributed by atoms with Crippen molar-refractivity contribution in [2.45, 2.75) is 101 Å². The Balaban J connectivity index is -0.0000000420. The summed E-state index contributed by atoms with van der Waals surface area (Å²) in [6, 6.07) is 0. The number of carbonyl (C=O) groups excluding carboxylic acids is 3. The summed E-state index contributed by atoms with van der Waals surface area (Å²) in [5, 5.41) is 4.64. The molecular weight excluding hydrogens is 624 g/mol. The molecule has 2 amide bonds. The Morgan fingerprint density at radius 3 is 0.952 bits per heavy atom. The van der Waals surface area contributed by atoms with Crippen LogP contribution in [0.5, 0.6) is 0 Å². The number of ether oxygens (including phenoxy) is 1. The van der Waals surface area contributed by atoms with Crippen LogP contribution in [0, 0.1) is 0 Å². The number of thiocarbonyl (C=S) groups is 1. The lowest BCUT2D eigenvalue weighted by molar-refractivity contribution is -0.118. The average molecular weight is 685 g/mol. The second-order valence-electron chi connectivity index (χ2n) is 8.71. The molecule has 0 aromatic rings. The van der Waals surface area contributed by atoms with Gasteiger partial charge < -0.3 is 20.2 Å². The van der Waals surface area contributed by atoms with E-state index in [0.717, 1.165) is 38.1 Å². The number of alkyl carbamates (subject to hydrolysis) is 1. The third-order valence-electron chi connectivity index (χ3n) is 1.36. The van der Waals surface area contributed by atoms with Gasteiger partial charge in [-0.1, -0.05) is 39.4 Å². The minimum Gasteiger partial charge on any atom is -0.453 e. The van der Waals surface area contributed by atoms with Crippen LogP contribution >= 0.6 is 12.2 Å². The van der Waals surface area contributed by atoms with E-state index in [1.54, 1.807) is 19.6 Å². The number of hydrogen-bond donors (Lipinski definition) is 2. The number of halogens is 4. The second kappa shape index (κ2) is 43.8. The molecule has 0 fully saturated rings. The van der Waals surface area contributed by atoms with E-state index in [2.05, 4.69) is 41.4 Å². The number of methoxy groups -OCH3 is 1. The molecule has 0 aliphatic rings. The minimum absolute atomic E-state index is 0.00463. The lowest BCUT2D eigenvalue weighted by Crippen LogP contribution is -2.16. The van der Waals surface area contributed by atoms with Crippen molar-refractivity contribution in [3.63, 3.8) is 0 Å². The molecule has 0 aliphatic heterocycles. The van der Waals surface area contributed by atoms with Gasteiger partial charge in [-0.25, -0.2) is 30.8 Å². The third kappa shape index (κ3) is 996. The molecule has 42 heavy (non-hydrogen) atoms. The number of Topliss-reactive ketones (excluding diaryl/α,β-unsaturated/α-hetero) is 1. The maximum atomic E-state index is 11.5. The minimum atomic E-state index is -2.67. The van der Waals surface area contributed by atoms with Crippen LogP contribution in [0.3, 0.4) is 0 Å². The van der Waals surface area contributed by atoms with E-state index in [1.807, 2.05) is 13.8 Å². The van der Waals surface area contributed by atoms with Crippen LogP contribution in [0.4, 0.5) is 22.4 Å². The number of rotatable bonds is 1. The summed E-state index contributed by atoms with van der Waals surface area (Å²) in [6.45, 7) is 16.7. The van der Waals surface area contributed by atoms with E-state index in [-0.39, 0.29) is 18.1 Å². The molecule has 0 bridgehead atoms. The smallest absolute Gasteiger partial charge is 0.406 e. The predicted molar refractivity (Wildman–Crippen MR) is 175 cm³/mol. The van der Waals surface area contributed by atoms with Gasteiger partial charge >= 0.3 is 6.09 Å². The first-order valence-corrected chi connectivity index (χ1v) is 17.0. The number of amides is 2. The quantitative estimate of drug-likeness (QED) is 0.236. The molecule has 0 unspecified atom stereocenters. The molecule has 0 aromatic heterocycles. The largest absolute Gasteiger partial charge is 0.453 e. The monoisotopic (exact) mass is 684 g/mol. The van der Waals surface area contributed by atoms with E-state index in [1.165, 1.54) is 48.3 Å². The van der Waals surface area contributed by atoms with Crippen LogP contribution < -0.4 is 10.6 Å². The van der Waals surface area contributed by atoms with Gasteiger partial charge in [0.25, 0.3) is 0 Å². The van der Waals surface area contributed by atoms with E-state index in [0.29, 0.717) is 0 Å². The summed E-state index contributed by atoms with van der Waals surface area (Å²) in [6.07, 6.45) is 6.38. The predicted octanol–water partition coefficient (Wildman–Crippen LogP) is 6.50. The molecule has 0 atom stereocenters. The van der Waals surface area contributed by atoms with E-state index in [9.17, 15) is 44.6 Å². The van der Waals surface area contributed by atoms with Gasteiger partial charge in [-0.3, -0.25) is 9.00 Å². The van der Waals surface area contributed by atoms with Crippen LogP contribution in [0.1, 0.15) is 89.0 Å². The van der Waals surface area contributed by atoms with Gasteiger partial charge in [-0.2, -0.15) is 0 Å². The molecular formula is C26H60F4N2O7S3. The molecule has 16 heteroatoms. The molecule has 2 N–H and O–H groups in total. The van der Waals surface area contributed by atoms with Crippen LogP contribution in [-0.2, 0) is 35.0 Å². The number of sulfone groups is 1. The number of nitrogens with one attached hydrogen (secondary N) is 2. The first-order chi connectivity index (χ1) is 18.2. The average Bonchev–Trinajstić information content (AvgIpc) is 2.70. The van der Waals surface area contributed by atoms with Gasteiger partial charge in [0.15, 0.2) is 0 Å². The van der Waals surface area contributed by atoms with E-state index in [4.69, 9.17) is 0 Å². The fourth-order valence-corrected chi connectivity index (χ4v) is 0.102. The molecule has 0 rings (SSSR count). The van der Waals surface area contributed by atoms with Crippen molar-refractivity contribution in [3.8, 4) is 0 Å². The summed E-state index contributed by atoms with van der Waals surface area (Å²) < 4.78 is 77.9. The van der Waals surface area contributed by atoms with E-state index >= 15 is 0 Å². The molecule has 0 saturated carbocycles. The summed E-state index contributed by atoms with van der Waals surface area (Å²) in [4.78, 5) is 30.0. The number of ketones is 1. The van der Waals surface area contributed by atoms with Gasteiger partial charge in [0, 0.05) is 63.3 Å². The van der Waals surface area contributed by atoms with Gasteiger partial charge in [0.05, 0.1) is 7.11 Å². The SMILES string of the molecule is CC(C)(F)F.CC(C)=O.CC(C)=S.CCC.CCC(C)(F)F.CNC(=O)OC.CNC(C)=O.CS(C)(=O)=O.CS(C)=O. The van der Waals surface area contributed by atoms with Crippen molar-refractivity contribution >= 4 is 55.5 Å². The van der Waals surface area contributed by atoms with Crippen molar-refractivity contribution in [1.29, 1.82) is 0 Å². The Hall–Kier alpha value is -1.68. The molecule has 0 radical (unpaired) electrons. The summed E-state index contributed by atoms with van der Waals surface area (Å²) >= 11 is 4.54. The fraction of sp³-hybridized carbons (Fsp3) is 0.846. The van der Waals surface area contributed by atoms with Crippen LogP contribution in [-0.4, -0.2) is 93.3 Å². The van der Waals surface area contributed by atoms with Crippen LogP contribution in [0.25, 0.3) is 0 Å². The fourth-order valence-electron chi connectivity index (χ4n) is 0.102. The van der Waals surface area contributed by atoms with Crippen molar-refractivity contribution in [1.82, 2.24) is 10.6 Å². The summed E-state index contributed by atoms with van der Waals surface area (Å²) in [5.41, 5.74) is 0. The van der Waals surface area contributed by atoms with Gasteiger partial charge in [-0.05, 0) is 53.3 Å².